The molecule has 1 aliphatic carbocycles. The van der Waals surface area contributed by atoms with Crippen LogP contribution in [0.15, 0.2) is 24.3 Å². The number of rotatable bonds is 4. The summed E-state index contributed by atoms with van der Waals surface area (Å²) < 4.78 is 0. The molecule has 1 aromatic rings. The third-order valence-electron chi connectivity index (χ3n) is 4.61. The van der Waals surface area contributed by atoms with Gasteiger partial charge in [0.2, 0.25) is 0 Å². The number of hydrogen-bond acceptors (Lipinski definition) is 1. The van der Waals surface area contributed by atoms with Crippen LogP contribution in [0.2, 0.25) is 0 Å². The molecule has 1 aliphatic rings. The predicted octanol–water partition coefficient (Wildman–Crippen LogP) is 4.36. The molecule has 1 nitrogen and oxygen atoms in total. The van der Waals surface area contributed by atoms with Crippen molar-refractivity contribution in [2.45, 2.75) is 59.0 Å². The highest BCUT2D eigenvalue weighted by Crippen LogP contribution is 2.35. The van der Waals surface area contributed by atoms with Gasteiger partial charge in [0.15, 0.2) is 0 Å². The summed E-state index contributed by atoms with van der Waals surface area (Å²) in [6, 6.07) is 8.70. The molecule has 0 heterocycles. The van der Waals surface area contributed by atoms with E-state index in [0.717, 1.165) is 24.7 Å². The molecular weight excluding hydrogens is 232 g/mol. The van der Waals surface area contributed by atoms with Gasteiger partial charge in [-0.15, -0.1) is 0 Å². The lowest BCUT2D eigenvalue weighted by molar-refractivity contribution is 0.0500. The monoisotopic (exact) mass is 260 g/mol. The zero-order valence-corrected chi connectivity index (χ0v) is 12.6. The Morgan fingerprint density at radius 3 is 2.21 bits per heavy atom. The van der Waals surface area contributed by atoms with Crippen LogP contribution in [-0.4, -0.2) is 11.2 Å². The van der Waals surface area contributed by atoms with Crippen LogP contribution < -0.4 is 0 Å². The number of aliphatic hydroxyl groups is 1. The Hall–Kier alpha value is -0.820. The van der Waals surface area contributed by atoms with Crippen LogP contribution in [0.5, 0.6) is 0 Å². The molecule has 1 N–H and O–H groups in total. The lowest BCUT2D eigenvalue weighted by Gasteiger charge is -2.34. The second-order valence-corrected chi connectivity index (χ2v) is 6.77. The van der Waals surface area contributed by atoms with Gasteiger partial charge in [0, 0.05) is 0 Å². The van der Waals surface area contributed by atoms with Crippen LogP contribution in [0.4, 0.5) is 0 Å². The van der Waals surface area contributed by atoms with Crippen molar-refractivity contribution >= 4 is 0 Å². The Morgan fingerprint density at radius 2 is 1.63 bits per heavy atom. The quantitative estimate of drug-likeness (QED) is 0.852. The van der Waals surface area contributed by atoms with Crippen LogP contribution in [0.1, 0.15) is 50.7 Å². The summed E-state index contributed by atoms with van der Waals surface area (Å²) in [5.41, 5.74) is 2.65. The predicted molar refractivity (Wildman–Crippen MR) is 81.2 cm³/mol. The van der Waals surface area contributed by atoms with Gasteiger partial charge in [0.1, 0.15) is 0 Å². The molecule has 1 heteroatoms. The number of hydrogen-bond donors (Lipinski definition) is 1. The Kier molecular flexibility index (Phi) is 5.04. The number of aliphatic hydroxyl groups excluding tert-OH is 1. The molecule has 106 valence electrons. The summed E-state index contributed by atoms with van der Waals surface area (Å²) in [4.78, 5) is 0. The average Bonchev–Trinajstić information content (AvgIpc) is 2.36. The first-order chi connectivity index (χ1) is 9.04. The van der Waals surface area contributed by atoms with Gasteiger partial charge in [-0.2, -0.15) is 0 Å². The Morgan fingerprint density at radius 1 is 1.05 bits per heavy atom. The van der Waals surface area contributed by atoms with Crippen molar-refractivity contribution in [2.24, 2.45) is 17.8 Å². The van der Waals surface area contributed by atoms with E-state index in [2.05, 4.69) is 45.0 Å². The summed E-state index contributed by atoms with van der Waals surface area (Å²) in [5.74, 6) is 2.08. The third kappa shape index (κ3) is 4.35. The molecule has 1 saturated carbocycles. The molecule has 0 aliphatic heterocycles. The molecular formula is C18H28O. The summed E-state index contributed by atoms with van der Waals surface area (Å²) in [6.45, 7) is 6.77. The third-order valence-corrected chi connectivity index (χ3v) is 4.61. The fourth-order valence-corrected chi connectivity index (χ4v) is 3.63. The van der Waals surface area contributed by atoms with Crippen molar-refractivity contribution in [3.63, 3.8) is 0 Å². The van der Waals surface area contributed by atoms with Gasteiger partial charge >= 0.3 is 0 Å². The zero-order chi connectivity index (χ0) is 13.8. The van der Waals surface area contributed by atoms with Gasteiger partial charge in [-0.1, -0.05) is 43.7 Å². The second kappa shape index (κ2) is 6.56. The molecule has 0 aromatic heterocycles. The van der Waals surface area contributed by atoms with E-state index in [4.69, 9.17) is 0 Å². The van der Waals surface area contributed by atoms with E-state index in [1.54, 1.807) is 0 Å². The lowest BCUT2D eigenvalue weighted by Crippen LogP contribution is -2.29. The lowest BCUT2D eigenvalue weighted by atomic mass is 9.74. The molecule has 1 fully saturated rings. The molecule has 3 unspecified atom stereocenters. The molecule has 0 spiro atoms. The van der Waals surface area contributed by atoms with Crippen molar-refractivity contribution in [3.8, 4) is 0 Å². The van der Waals surface area contributed by atoms with Gasteiger partial charge < -0.3 is 5.11 Å². The molecule has 0 radical (unpaired) electrons. The minimum Gasteiger partial charge on any atom is -0.393 e. The minimum atomic E-state index is -0.119. The Balaban J connectivity index is 1.83. The van der Waals surface area contributed by atoms with Gasteiger partial charge in [0.05, 0.1) is 6.10 Å². The van der Waals surface area contributed by atoms with E-state index in [0.29, 0.717) is 5.92 Å². The van der Waals surface area contributed by atoms with Crippen LogP contribution >= 0.6 is 0 Å². The first-order valence-electron chi connectivity index (χ1n) is 7.78. The van der Waals surface area contributed by atoms with E-state index < -0.39 is 0 Å². The van der Waals surface area contributed by atoms with E-state index in [1.165, 1.54) is 30.4 Å². The van der Waals surface area contributed by atoms with Crippen molar-refractivity contribution in [1.82, 2.24) is 0 Å². The van der Waals surface area contributed by atoms with Crippen molar-refractivity contribution in [3.05, 3.63) is 35.4 Å². The topological polar surface area (TPSA) is 20.2 Å². The molecule has 0 amide bonds. The van der Waals surface area contributed by atoms with Crippen molar-refractivity contribution in [1.29, 1.82) is 0 Å². The molecule has 2 rings (SSSR count). The van der Waals surface area contributed by atoms with Crippen LogP contribution in [0.3, 0.4) is 0 Å². The van der Waals surface area contributed by atoms with E-state index in [1.807, 2.05) is 0 Å². The Bertz CT molecular complexity index is 371. The summed E-state index contributed by atoms with van der Waals surface area (Å²) in [6.07, 6.45) is 5.54. The second-order valence-electron chi connectivity index (χ2n) is 6.77. The van der Waals surface area contributed by atoms with E-state index in [9.17, 15) is 5.11 Å². The number of benzene rings is 1. The van der Waals surface area contributed by atoms with Crippen LogP contribution in [-0.2, 0) is 6.42 Å². The normalized spacial score (nSPS) is 29.2. The molecule has 3 atom stereocenters. The first kappa shape index (κ1) is 14.6. The van der Waals surface area contributed by atoms with Crippen LogP contribution in [0, 0.1) is 24.7 Å². The standard InChI is InChI=1S/C18H28O/c1-13-4-6-16(7-5-13)8-9-18(19)17-11-14(2)10-15(3)12-17/h4-7,14-15,17-19H,8-12H2,1-3H3. The highest BCUT2D eigenvalue weighted by atomic mass is 16.3. The maximum absolute atomic E-state index is 10.4. The van der Waals surface area contributed by atoms with Gasteiger partial charge in [-0.25, -0.2) is 0 Å². The SMILES string of the molecule is Cc1ccc(CCC(O)C2CC(C)CC(C)C2)cc1. The van der Waals surface area contributed by atoms with E-state index in [-0.39, 0.29) is 6.10 Å². The molecule has 0 saturated heterocycles. The molecule has 0 bridgehead atoms. The highest BCUT2D eigenvalue weighted by molar-refractivity contribution is 5.21. The Labute approximate surface area is 118 Å². The molecule has 1 aromatic carbocycles. The van der Waals surface area contributed by atoms with Crippen molar-refractivity contribution < 1.29 is 5.11 Å². The summed E-state index contributed by atoms with van der Waals surface area (Å²) >= 11 is 0. The minimum absolute atomic E-state index is 0.119. The van der Waals surface area contributed by atoms with Gasteiger partial charge in [0.25, 0.3) is 0 Å². The largest absolute Gasteiger partial charge is 0.393 e. The summed E-state index contributed by atoms with van der Waals surface area (Å²) in [5, 5.41) is 10.4. The van der Waals surface area contributed by atoms with Gasteiger partial charge in [-0.05, 0) is 62.3 Å². The zero-order valence-electron chi connectivity index (χ0n) is 12.6. The average molecular weight is 260 g/mol. The maximum atomic E-state index is 10.4. The maximum Gasteiger partial charge on any atom is 0.0571 e. The summed E-state index contributed by atoms with van der Waals surface area (Å²) in [7, 11) is 0. The van der Waals surface area contributed by atoms with E-state index >= 15 is 0 Å². The number of aryl methyl sites for hydroxylation is 2. The van der Waals surface area contributed by atoms with Crippen molar-refractivity contribution in [2.75, 3.05) is 0 Å². The fraction of sp³-hybridized carbons (Fsp3) is 0.667. The smallest absolute Gasteiger partial charge is 0.0571 e. The molecule has 19 heavy (non-hydrogen) atoms. The fourth-order valence-electron chi connectivity index (χ4n) is 3.63. The first-order valence-corrected chi connectivity index (χ1v) is 7.78. The van der Waals surface area contributed by atoms with Gasteiger partial charge in [-0.3, -0.25) is 0 Å². The highest BCUT2D eigenvalue weighted by Gasteiger charge is 2.28. The van der Waals surface area contributed by atoms with Crippen LogP contribution in [0.25, 0.3) is 0 Å².